The number of fused-ring (bicyclic) bond motifs is 1. The number of nitrogens with one attached hydrogen (secondary N) is 2. The zero-order valence-corrected chi connectivity index (χ0v) is 28.0. The Morgan fingerprint density at radius 1 is 1.04 bits per heavy atom. The highest BCUT2D eigenvalue weighted by Gasteiger charge is 2.36. The fourth-order valence-electron chi connectivity index (χ4n) is 6.15. The Labute approximate surface area is 279 Å². The number of carbonyl (C=O) groups excluding carboxylic acids is 4. The first-order valence-electron chi connectivity index (χ1n) is 16.3. The Morgan fingerprint density at radius 3 is 2.40 bits per heavy atom. The average molecular weight is 667 g/mol. The van der Waals surface area contributed by atoms with Crippen LogP contribution in [0.5, 0.6) is 0 Å². The van der Waals surface area contributed by atoms with E-state index in [2.05, 4.69) is 16.4 Å². The van der Waals surface area contributed by atoms with Crippen LogP contribution in [-0.2, 0) is 19.1 Å². The summed E-state index contributed by atoms with van der Waals surface area (Å²) >= 11 is 6.37. The van der Waals surface area contributed by atoms with Crippen molar-refractivity contribution < 1.29 is 23.9 Å². The summed E-state index contributed by atoms with van der Waals surface area (Å²) in [6.07, 6.45) is 4.94. The van der Waals surface area contributed by atoms with Gasteiger partial charge >= 0.3 is 6.09 Å². The number of anilines is 1. The number of nitrogens with zero attached hydrogens (tertiary/aromatic N) is 6. The van der Waals surface area contributed by atoms with Crippen molar-refractivity contribution in [2.45, 2.75) is 64.5 Å². The molecule has 3 aliphatic heterocycles. The van der Waals surface area contributed by atoms with Gasteiger partial charge in [0.25, 0.3) is 0 Å². The molecule has 0 aliphatic carbocycles. The molecule has 0 radical (unpaired) electrons. The first kappa shape index (κ1) is 34.0. The molecule has 2 atom stereocenters. The summed E-state index contributed by atoms with van der Waals surface area (Å²) in [6, 6.07) is 6.66. The number of amides is 4. The molecule has 4 amide bonds. The van der Waals surface area contributed by atoms with Gasteiger partial charge in [0.1, 0.15) is 17.5 Å². The standard InChI is InChI=1S/C33H43ClN8O5/c1-33(2,3)47-32(46)41-17-15-40(16-18-41)30(44)23(19-35)29(37-25-11-8-9-22-24(34)20-36-28(22)25)38-26-10-4-5-14-42(31(26)45)21-27(43)39-12-6-7-13-39/h8-9,11,20,23,26,36H,4-7,10,12-18,21H2,1-3H3,(H,37,38)/t23?,26-/m0/s1. The summed E-state index contributed by atoms with van der Waals surface area (Å²) < 4.78 is 5.48. The van der Waals surface area contributed by atoms with Gasteiger partial charge in [0.15, 0.2) is 5.92 Å². The molecule has 0 spiro atoms. The van der Waals surface area contributed by atoms with Crippen molar-refractivity contribution >= 4 is 57.8 Å². The highest BCUT2D eigenvalue weighted by Crippen LogP contribution is 2.29. The second-order valence-electron chi connectivity index (χ2n) is 13.2. The molecule has 47 heavy (non-hydrogen) atoms. The summed E-state index contributed by atoms with van der Waals surface area (Å²) in [5.41, 5.74) is 0.550. The Hall–Kier alpha value is -4.31. The van der Waals surface area contributed by atoms with Crippen LogP contribution >= 0.6 is 11.6 Å². The van der Waals surface area contributed by atoms with Crippen molar-refractivity contribution in [1.82, 2.24) is 24.6 Å². The third kappa shape index (κ3) is 8.16. The van der Waals surface area contributed by atoms with Crippen LogP contribution in [0.4, 0.5) is 10.5 Å². The molecule has 0 saturated carbocycles. The van der Waals surface area contributed by atoms with E-state index in [1.807, 2.05) is 6.07 Å². The van der Waals surface area contributed by atoms with Crippen molar-refractivity contribution in [3.05, 3.63) is 29.4 Å². The third-order valence-electron chi connectivity index (χ3n) is 8.65. The number of piperazine rings is 1. The number of aliphatic imine (C=N–C) groups is 1. The number of benzene rings is 1. The summed E-state index contributed by atoms with van der Waals surface area (Å²) in [5.74, 6) is -2.19. The van der Waals surface area contributed by atoms with E-state index in [-0.39, 0.29) is 50.4 Å². The first-order valence-corrected chi connectivity index (χ1v) is 16.7. The number of nitriles is 1. The van der Waals surface area contributed by atoms with E-state index in [4.69, 9.17) is 21.3 Å². The van der Waals surface area contributed by atoms with Gasteiger partial charge in [0, 0.05) is 57.4 Å². The van der Waals surface area contributed by atoms with Crippen LogP contribution in [0.1, 0.15) is 52.9 Å². The predicted molar refractivity (Wildman–Crippen MR) is 178 cm³/mol. The van der Waals surface area contributed by atoms with E-state index in [0.717, 1.165) is 24.6 Å². The molecule has 3 fully saturated rings. The van der Waals surface area contributed by atoms with Gasteiger partial charge in [0.2, 0.25) is 17.7 Å². The lowest BCUT2D eigenvalue weighted by Crippen LogP contribution is -2.53. The maximum atomic E-state index is 14.0. The number of carbonyl (C=O) groups is 4. The number of halogens is 1. The summed E-state index contributed by atoms with van der Waals surface area (Å²) in [6.45, 7) is 8.11. The van der Waals surface area contributed by atoms with Gasteiger partial charge in [-0.15, -0.1) is 0 Å². The Balaban J connectivity index is 1.40. The highest BCUT2D eigenvalue weighted by atomic mass is 35.5. The Kier molecular flexibility index (Phi) is 10.6. The first-order chi connectivity index (χ1) is 22.4. The van der Waals surface area contributed by atoms with Crippen molar-refractivity contribution in [3.63, 3.8) is 0 Å². The zero-order valence-electron chi connectivity index (χ0n) is 27.3. The van der Waals surface area contributed by atoms with Crippen LogP contribution in [0.2, 0.25) is 5.02 Å². The molecule has 1 aromatic heterocycles. The van der Waals surface area contributed by atoms with E-state index in [0.29, 0.717) is 48.7 Å². The fourth-order valence-corrected chi connectivity index (χ4v) is 6.36. The number of rotatable bonds is 6. The lowest BCUT2D eigenvalue weighted by atomic mass is 10.1. The minimum Gasteiger partial charge on any atom is -0.444 e. The van der Waals surface area contributed by atoms with Crippen LogP contribution in [0.3, 0.4) is 0 Å². The quantitative estimate of drug-likeness (QED) is 0.351. The van der Waals surface area contributed by atoms with Crippen molar-refractivity contribution in [3.8, 4) is 6.07 Å². The largest absolute Gasteiger partial charge is 0.444 e. The number of para-hydroxylation sites is 1. The fraction of sp³-hybridized carbons (Fsp3) is 0.576. The van der Waals surface area contributed by atoms with Crippen molar-refractivity contribution in [2.75, 3.05) is 57.7 Å². The molecule has 3 saturated heterocycles. The molecule has 0 bridgehead atoms. The Morgan fingerprint density at radius 2 is 1.72 bits per heavy atom. The van der Waals surface area contributed by atoms with Crippen LogP contribution in [0, 0.1) is 17.2 Å². The number of ether oxygens (including phenoxy) is 1. The second-order valence-corrected chi connectivity index (χ2v) is 13.6. The number of aromatic nitrogens is 1. The molecule has 3 aliphatic rings. The molecule has 14 heteroatoms. The van der Waals surface area contributed by atoms with Gasteiger partial charge in [-0.05, 0) is 58.9 Å². The topological polar surface area (TPSA) is 154 Å². The maximum Gasteiger partial charge on any atom is 0.410 e. The van der Waals surface area contributed by atoms with Gasteiger partial charge in [-0.3, -0.25) is 19.4 Å². The number of amidine groups is 1. The van der Waals surface area contributed by atoms with Crippen LogP contribution in [0.25, 0.3) is 10.9 Å². The summed E-state index contributed by atoms with van der Waals surface area (Å²) in [7, 11) is 0. The van der Waals surface area contributed by atoms with E-state index >= 15 is 0 Å². The third-order valence-corrected chi connectivity index (χ3v) is 8.97. The van der Waals surface area contributed by atoms with Crippen LogP contribution < -0.4 is 5.32 Å². The minimum atomic E-state index is -1.36. The maximum absolute atomic E-state index is 14.0. The highest BCUT2D eigenvalue weighted by molar-refractivity contribution is 6.36. The van der Waals surface area contributed by atoms with Gasteiger partial charge in [-0.1, -0.05) is 23.7 Å². The number of likely N-dealkylation sites (tertiary alicyclic amines) is 2. The van der Waals surface area contributed by atoms with Crippen molar-refractivity contribution in [1.29, 1.82) is 5.26 Å². The van der Waals surface area contributed by atoms with Crippen molar-refractivity contribution in [2.24, 2.45) is 10.9 Å². The molecule has 252 valence electrons. The zero-order chi connectivity index (χ0) is 33.7. The van der Waals surface area contributed by atoms with E-state index in [9.17, 15) is 24.4 Å². The predicted octanol–water partition coefficient (Wildman–Crippen LogP) is 3.85. The lowest BCUT2D eigenvalue weighted by molar-refractivity contribution is -0.140. The van der Waals surface area contributed by atoms with Gasteiger partial charge < -0.3 is 34.6 Å². The number of H-pyrrole nitrogens is 1. The molecular formula is C33H43ClN8O5. The van der Waals surface area contributed by atoms with Gasteiger partial charge in [-0.25, -0.2) is 4.79 Å². The Bertz CT molecular complexity index is 1560. The lowest BCUT2D eigenvalue weighted by Gasteiger charge is -2.36. The average Bonchev–Trinajstić information content (AvgIpc) is 3.68. The monoisotopic (exact) mass is 666 g/mol. The molecule has 2 N–H and O–H groups in total. The summed E-state index contributed by atoms with van der Waals surface area (Å²) in [4.78, 5) is 67.7. The minimum absolute atomic E-state index is 0.0174. The van der Waals surface area contributed by atoms with E-state index in [1.54, 1.807) is 53.8 Å². The molecule has 2 aromatic rings. The normalized spacial score (nSPS) is 20.2. The number of aromatic amines is 1. The van der Waals surface area contributed by atoms with Crippen LogP contribution in [0.15, 0.2) is 29.4 Å². The van der Waals surface area contributed by atoms with Gasteiger partial charge in [-0.2, -0.15) is 5.26 Å². The van der Waals surface area contributed by atoms with E-state index < -0.39 is 29.6 Å². The van der Waals surface area contributed by atoms with Crippen LogP contribution in [-0.4, -0.2) is 118 Å². The smallest absolute Gasteiger partial charge is 0.410 e. The molecule has 1 unspecified atom stereocenters. The SMILES string of the molecule is CC(C)(C)OC(=O)N1CCN(C(=O)C(C#N)C(=N[C@H]2CCCCN(CC(=O)N3CCCC3)C2=O)Nc2cccc3c(Cl)c[nH]c23)CC1. The molecule has 1 aromatic carbocycles. The van der Waals surface area contributed by atoms with E-state index in [1.165, 1.54) is 4.90 Å². The molecule has 4 heterocycles. The number of hydrogen-bond acceptors (Lipinski definition) is 7. The second kappa shape index (κ2) is 14.6. The summed E-state index contributed by atoms with van der Waals surface area (Å²) in [5, 5.41) is 14.9. The molecule has 5 rings (SSSR count). The molecular weight excluding hydrogens is 624 g/mol. The number of hydrogen-bond donors (Lipinski definition) is 2. The van der Waals surface area contributed by atoms with Gasteiger partial charge in [0.05, 0.1) is 28.8 Å². The molecule has 13 nitrogen and oxygen atoms in total.